The van der Waals surface area contributed by atoms with E-state index in [4.69, 9.17) is 0 Å². The second-order valence-electron chi connectivity index (χ2n) is 7.54. The predicted octanol–water partition coefficient (Wildman–Crippen LogP) is 5.54. The molecule has 0 saturated heterocycles. The Morgan fingerprint density at radius 3 is 2.67 bits per heavy atom. The van der Waals surface area contributed by atoms with E-state index in [2.05, 4.69) is 68.8 Å². The minimum Gasteiger partial charge on any atom is -0.306 e. The summed E-state index contributed by atoms with van der Waals surface area (Å²) in [5.41, 5.74) is 6.51. The molecule has 0 atom stereocenters. The molecule has 1 aliphatic carbocycles. The molecule has 0 unspecified atom stereocenters. The minimum atomic E-state index is 0.192. The van der Waals surface area contributed by atoms with Crippen molar-refractivity contribution in [2.45, 2.75) is 44.8 Å². The van der Waals surface area contributed by atoms with Gasteiger partial charge in [-0.2, -0.15) is 0 Å². The minimum absolute atomic E-state index is 0.192. The summed E-state index contributed by atoms with van der Waals surface area (Å²) in [5.74, 6) is 1.56. The Kier molecular flexibility index (Phi) is 6.54. The smallest absolute Gasteiger partial charge is 0.191 e. The number of ketones is 1. The number of nitrogens with zero attached hydrogens (tertiary/aromatic N) is 3. The van der Waals surface area contributed by atoms with Crippen LogP contribution in [0.25, 0.3) is 5.57 Å². The average Bonchev–Trinajstić information content (AvgIpc) is 3.28. The molecule has 6 heteroatoms. The number of allylic oxidation sites excluding steroid dienone is 2. The van der Waals surface area contributed by atoms with Crippen molar-refractivity contribution in [3.63, 3.8) is 0 Å². The molecule has 1 aliphatic rings. The maximum atomic E-state index is 12.4. The number of rotatable bonds is 8. The number of benzene rings is 2. The first kappa shape index (κ1) is 21.1. The van der Waals surface area contributed by atoms with Crippen LogP contribution in [0, 0.1) is 0 Å². The highest BCUT2D eigenvalue weighted by Crippen LogP contribution is 2.34. The molecule has 154 valence electrons. The normalized spacial score (nSPS) is 13.0. The fraction of sp³-hybridized carbons (Fsp3) is 0.292. The van der Waals surface area contributed by atoms with E-state index in [1.807, 2.05) is 24.3 Å². The summed E-state index contributed by atoms with van der Waals surface area (Å²) < 4.78 is 3.16. The molecule has 0 radical (unpaired) electrons. The highest BCUT2D eigenvalue weighted by molar-refractivity contribution is 9.10. The highest BCUT2D eigenvalue weighted by Gasteiger charge is 2.21. The number of Topliss-reactive ketones (excluding diaryl/α,β-unsaturated/α-hetero) is 1. The number of carbonyl (C=O) groups is 1. The second kappa shape index (κ2) is 9.31. The Balaban J connectivity index is 1.43. The molecule has 1 aromatic heterocycles. The lowest BCUT2D eigenvalue weighted by Crippen LogP contribution is -2.08. The molecule has 4 rings (SSSR count). The van der Waals surface area contributed by atoms with Crippen molar-refractivity contribution in [2.24, 2.45) is 0 Å². The molecule has 0 N–H and O–H groups in total. The van der Waals surface area contributed by atoms with Crippen LogP contribution in [0.1, 0.15) is 36.4 Å². The molecule has 1 heterocycles. The van der Waals surface area contributed by atoms with Crippen molar-refractivity contribution in [3.8, 4) is 0 Å². The van der Waals surface area contributed by atoms with E-state index in [1.54, 1.807) is 0 Å². The van der Waals surface area contributed by atoms with Crippen LogP contribution in [0.3, 0.4) is 0 Å². The van der Waals surface area contributed by atoms with Crippen molar-refractivity contribution < 1.29 is 4.79 Å². The van der Waals surface area contributed by atoms with Crippen LogP contribution in [0.15, 0.2) is 63.7 Å². The first-order chi connectivity index (χ1) is 14.5. The van der Waals surface area contributed by atoms with E-state index in [-0.39, 0.29) is 5.78 Å². The molecule has 0 amide bonds. The molecule has 4 nitrogen and oxygen atoms in total. The number of hydrogen-bond acceptors (Lipinski definition) is 4. The van der Waals surface area contributed by atoms with Gasteiger partial charge in [0.05, 0.1) is 5.75 Å². The van der Waals surface area contributed by atoms with E-state index in [0.717, 1.165) is 40.4 Å². The van der Waals surface area contributed by atoms with Crippen molar-refractivity contribution in [1.82, 2.24) is 14.8 Å². The van der Waals surface area contributed by atoms with Crippen molar-refractivity contribution in [1.29, 1.82) is 0 Å². The van der Waals surface area contributed by atoms with Gasteiger partial charge in [-0.25, -0.2) is 0 Å². The number of halogens is 1. The van der Waals surface area contributed by atoms with E-state index >= 15 is 0 Å². The first-order valence-corrected chi connectivity index (χ1v) is 11.9. The van der Waals surface area contributed by atoms with Gasteiger partial charge in [0, 0.05) is 23.9 Å². The zero-order valence-corrected chi connectivity index (χ0v) is 19.6. The number of hydrogen-bond donors (Lipinski definition) is 0. The quantitative estimate of drug-likeness (QED) is 0.396. The van der Waals surface area contributed by atoms with Crippen LogP contribution < -0.4 is 0 Å². The second-order valence-corrected chi connectivity index (χ2v) is 9.40. The van der Waals surface area contributed by atoms with Crippen molar-refractivity contribution >= 4 is 39.0 Å². The van der Waals surface area contributed by atoms with E-state index in [0.29, 0.717) is 12.2 Å². The summed E-state index contributed by atoms with van der Waals surface area (Å²) in [6, 6.07) is 16.5. The average molecular weight is 482 g/mol. The molecule has 3 aromatic rings. The maximum Gasteiger partial charge on any atom is 0.191 e. The van der Waals surface area contributed by atoms with Gasteiger partial charge in [0.15, 0.2) is 5.16 Å². The third-order valence-corrected chi connectivity index (χ3v) is 6.99. The Morgan fingerprint density at radius 2 is 1.90 bits per heavy atom. The van der Waals surface area contributed by atoms with Gasteiger partial charge in [-0.05, 0) is 54.7 Å². The summed E-state index contributed by atoms with van der Waals surface area (Å²) >= 11 is 4.91. The topological polar surface area (TPSA) is 47.8 Å². The summed E-state index contributed by atoms with van der Waals surface area (Å²) in [4.78, 5) is 12.4. The standard InChI is InChI=1S/C24H24BrN3OS/c1-3-28-23(14-22-16(2)12-18-6-4-5-7-21(18)22)26-27-24(28)30-15-20(29)13-17-8-10-19(25)11-9-17/h4-11H,3,12-15H2,1-2H3. The lowest BCUT2D eigenvalue weighted by atomic mass is 10.0. The maximum absolute atomic E-state index is 12.4. The third-order valence-electron chi connectivity index (χ3n) is 5.43. The Morgan fingerprint density at radius 1 is 1.13 bits per heavy atom. The van der Waals surface area contributed by atoms with E-state index in [1.165, 1.54) is 34.0 Å². The lowest BCUT2D eigenvalue weighted by molar-refractivity contribution is -0.116. The number of fused-ring (bicyclic) bond motifs is 1. The molecule has 0 aliphatic heterocycles. The van der Waals surface area contributed by atoms with Gasteiger partial charge >= 0.3 is 0 Å². The van der Waals surface area contributed by atoms with Crippen LogP contribution in [0.5, 0.6) is 0 Å². The molecule has 0 fully saturated rings. The van der Waals surface area contributed by atoms with Gasteiger partial charge in [0.2, 0.25) is 0 Å². The zero-order chi connectivity index (χ0) is 21.1. The summed E-state index contributed by atoms with van der Waals surface area (Å²) in [5, 5.41) is 9.69. The summed E-state index contributed by atoms with van der Waals surface area (Å²) in [7, 11) is 0. The van der Waals surface area contributed by atoms with Crippen LogP contribution >= 0.6 is 27.7 Å². The van der Waals surface area contributed by atoms with Crippen LogP contribution in [-0.2, 0) is 30.6 Å². The van der Waals surface area contributed by atoms with E-state index < -0.39 is 0 Å². The van der Waals surface area contributed by atoms with E-state index in [9.17, 15) is 4.79 Å². The molecule has 30 heavy (non-hydrogen) atoms. The SMILES string of the molecule is CCn1c(CC2=C(C)Cc3ccccc32)nnc1SCC(=O)Cc1ccc(Br)cc1. The fourth-order valence-corrected chi connectivity index (χ4v) is 5.04. The molecular formula is C24H24BrN3OS. The zero-order valence-electron chi connectivity index (χ0n) is 17.2. The molecule has 0 saturated carbocycles. The van der Waals surface area contributed by atoms with Gasteiger partial charge in [-0.3, -0.25) is 4.79 Å². The summed E-state index contributed by atoms with van der Waals surface area (Å²) in [6.45, 7) is 5.10. The molecular weight excluding hydrogens is 458 g/mol. The van der Waals surface area contributed by atoms with Crippen LogP contribution in [0.2, 0.25) is 0 Å². The fourth-order valence-electron chi connectivity index (χ4n) is 3.90. The highest BCUT2D eigenvalue weighted by atomic mass is 79.9. The van der Waals surface area contributed by atoms with Gasteiger partial charge in [-0.1, -0.05) is 69.7 Å². The molecule has 0 bridgehead atoms. The molecule has 2 aromatic carbocycles. The summed E-state index contributed by atoms with van der Waals surface area (Å²) in [6.07, 6.45) is 2.23. The predicted molar refractivity (Wildman–Crippen MR) is 126 cm³/mol. The molecule has 0 spiro atoms. The van der Waals surface area contributed by atoms with Crippen LogP contribution in [0.4, 0.5) is 0 Å². The first-order valence-electron chi connectivity index (χ1n) is 10.1. The van der Waals surface area contributed by atoms with Gasteiger partial charge in [-0.15, -0.1) is 10.2 Å². The van der Waals surface area contributed by atoms with Gasteiger partial charge in [0.1, 0.15) is 11.6 Å². The Labute approximate surface area is 189 Å². The number of carbonyl (C=O) groups excluding carboxylic acids is 1. The monoisotopic (exact) mass is 481 g/mol. The number of aromatic nitrogens is 3. The van der Waals surface area contributed by atoms with Gasteiger partial charge < -0.3 is 4.57 Å². The van der Waals surface area contributed by atoms with Crippen molar-refractivity contribution in [3.05, 3.63) is 81.1 Å². The third kappa shape index (κ3) is 4.60. The number of thioether (sulfide) groups is 1. The Bertz CT molecular complexity index is 1100. The Hall–Kier alpha value is -2.18. The van der Waals surface area contributed by atoms with Gasteiger partial charge in [0.25, 0.3) is 0 Å². The largest absolute Gasteiger partial charge is 0.306 e. The van der Waals surface area contributed by atoms with Crippen LogP contribution in [-0.4, -0.2) is 26.3 Å². The van der Waals surface area contributed by atoms with Crippen molar-refractivity contribution in [2.75, 3.05) is 5.75 Å². The lowest BCUT2D eigenvalue weighted by Gasteiger charge is -2.10.